The number of allylic oxidation sites excluding steroid dienone is 1. The van der Waals surface area contributed by atoms with Gasteiger partial charge in [-0.15, -0.1) is 0 Å². The summed E-state index contributed by atoms with van der Waals surface area (Å²) in [6, 6.07) is 9.51. The number of rotatable bonds is 6. The number of fused-ring (bicyclic) bond motifs is 1. The third kappa shape index (κ3) is 3.53. The number of methoxy groups -OCH3 is 3. The minimum atomic E-state index is -0.174. The quantitative estimate of drug-likeness (QED) is 0.646. The average molecular weight is 381 g/mol. The van der Waals surface area contributed by atoms with Gasteiger partial charge in [0, 0.05) is 35.7 Å². The van der Waals surface area contributed by atoms with Crippen LogP contribution in [0.5, 0.6) is 17.2 Å². The van der Waals surface area contributed by atoms with Crippen molar-refractivity contribution in [1.29, 1.82) is 0 Å². The highest BCUT2D eigenvalue weighted by molar-refractivity contribution is 6.00. The van der Waals surface area contributed by atoms with E-state index < -0.39 is 0 Å². The molecular formula is C22H23NO5. The molecule has 0 saturated heterocycles. The fraction of sp³-hybridized carbons (Fsp3) is 0.227. The van der Waals surface area contributed by atoms with E-state index in [2.05, 4.69) is 5.32 Å². The molecule has 6 nitrogen and oxygen atoms in total. The van der Waals surface area contributed by atoms with Crippen LogP contribution < -0.4 is 19.5 Å². The smallest absolute Gasteiger partial charge is 0.244 e. The van der Waals surface area contributed by atoms with Crippen LogP contribution in [0.3, 0.4) is 0 Å². The summed E-state index contributed by atoms with van der Waals surface area (Å²) in [5.41, 5.74) is 4.14. The van der Waals surface area contributed by atoms with E-state index in [1.165, 1.54) is 0 Å². The van der Waals surface area contributed by atoms with Gasteiger partial charge in [0.2, 0.25) is 5.91 Å². The van der Waals surface area contributed by atoms with Crippen LogP contribution in [0, 0.1) is 0 Å². The number of likely N-dealkylation sites (N-methyl/N-ethyl adjacent to an activating group) is 1. The van der Waals surface area contributed by atoms with Crippen molar-refractivity contribution in [3.05, 3.63) is 48.2 Å². The molecule has 0 aliphatic carbocycles. The Bertz CT molecular complexity index is 1050. The summed E-state index contributed by atoms with van der Waals surface area (Å²) >= 11 is 0. The Morgan fingerprint density at radius 3 is 2.36 bits per heavy atom. The molecule has 1 aromatic heterocycles. The molecule has 0 atom stereocenters. The lowest BCUT2D eigenvalue weighted by atomic mass is 9.99. The Labute approximate surface area is 163 Å². The second-order valence-electron chi connectivity index (χ2n) is 6.21. The molecule has 0 aliphatic rings. The maximum absolute atomic E-state index is 11.8. The second-order valence-corrected chi connectivity index (χ2v) is 6.21. The maximum Gasteiger partial charge on any atom is 0.244 e. The molecule has 1 amide bonds. The van der Waals surface area contributed by atoms with Crippen molar-refractivity contribution >= 4 is 22.4 Å². The lowest BCUT2D eigenvalue weighted by Gasteiger charge is -2.11. The van der Waals surface area contributed by atoms with Crippen molar-refractivity contribution in [2.24, 2.45) is 0 Å². The van der Waals surface area contributed by atoms with Gasteiger partial charge >= 0.3 is 0 Å². The summed E-state index contributed by atoms with van der Waals surface area (Å²) in [7, 11) is 6.39. The molecular weight excluding hydrogens is 358 g/mol. The predicted octanol–water partition coefficient (Wildman–Crippen LogP) is 4.27. The van der Waals surface area contributed by atoms with E-state index in [-0.39, 0.29) is 5.91 Å². The number of benzene rings is 2. The van der Waals surface area contributed by atoms with Gasteiger partial charge in [0.05, 0.1) is 27.6 Å². The van der Waals surface area contributed by atoms with Gasteiger partial charge in [-0.1, -0.05) is 6.07 Å². The summed E-state index contributed by atoms with van der Waals surface area (Å²) < 4.78 is 22.0. The maximum atomic E-state index is 11.8. The number of furan rings is 1. The van der Waals surface area contributed by atoms with Crippen molar-refractivity contribution in [3.63, 3.8) is 0 Å². The van der Waals surface area contributed by atoms with Gasteiger partial charge in [-0.25, -0.2) is 0 Å². The fourth-order valence-corrected chi connectivity index (χ4v) is 3.11. The number of hydrogen-bond donors (Lipinski definition) is 1. The van der Waals surface area contributed by atoms with Gasteiger partial charge < -0.3 is 23.9 Å². The van der Waals surface area contributed by atoms with Crippen LogP contribution in [0.1, 0.15) is 12.5 Å². The highest BCUT2D eigenvalue weighted by Crippen LogP contribution is 2.39. The molecule has 1 heterocycles. The van der Waals surface area contributed by atoms with Crippen molar-refractivity contribution in [1.82, 2.24) is 5.32 Å². The van der Waals surface area contributed by atoms with Gasteiger partial charge in [-0.05, 0) is 36.3 Å². The predicted molar refractivity (Wildman–Crippen MR) is 109 cm³/mol. The monoisotopic (exact) mass is 381 g/mol. The molecule has 28 heavy (non-hydrogen) atoms. The molecule has 6 heteroatoms. The largest absolute Gasteiger partial charge is 0.496 e. The second kappa shape index (κ2) is 8.08. The molecule has 0 saturated carbocycles. The molecule has 0 unspecified atom stereocenters. The lowest BCUT2D eigenvalue weighted by Crippen LogP contribution is -2.14. The number of hydrogen-bond acceptors (Lipinski definition) is 5. The minimum absolute atomic E-state index is 0.174. The zero-order valence-corrected chi connectivity index (χ0v) is 16.6. The van der Waals surface area contributed by atoms with E-state index in [0.29, 0.717) is 22.8 Å². The summed E-state index contributed by atoms with van der Waals surface area (Å²) in [5, 5.41) is 3.51. The number of carbonyl (C=O) groups excluding carboxylic acids is 1. The van der Waals surface area contributed by atoms with Crippen LogP contribution >= 0.6 is 0 Å². The first kappa shape index (κ1) is 19.4. The van der Waals surface area contributed by atoms with Gasteiger partial charge in [0.1, 0.15) is 11.3 Å². The van der Waals surface area contributed by atoms with Crippen molar-refractivity contribution in [2.75, 3.05) is 28.4 Å². The first-order chi connectivity index (χ1) is 13.5. The van der Waals surface area contributed by atoms with E-state index in [9.17, 15) is 4.79 Å². The van der Waals surface area contributed by atoms with Crippen LogP contribution in [0.4, 0.5) is 0 Å². The summed E-state index contributed by atoms with van der Waals surface area (Å²) in [5.74, 6) is 1.76. The highest BCUT2D eigenvalue weighted by Gasteiger charge is 2.16. The summed E-state index contributed by atoms with van der Waals surface area (Å²) in [6.07, 6.45) is 3.24. The van der Waals surface area contributed by atoms with E-state index in [0.717, 1.165) is 27.6 Å². The van der Waals surface area contributed by atoms with Crippen molar-refractivity contribution in [3.8, 4) is 28.4 Å². The molecule has 3 aromatic rings. The number of amides is 1. The van der Waals surface area contributed by atoms with Gasteiger partial charge in [0.25, 0.3) is 0 Å². The molecule has 146 valence electrons. The third-order valence-electron chi connectivity index (χ3n) is 4.61. The molecule has 3 rings (SSSR count). The normalized spacial score (nSPS) is 11.4. The third-order valence-corrected chi connectivity index (χ3v) is 4.61. The molecule has 0 spiro atoms. The molecule has 0 radical (unpaired) electrons. The molecule has 0 aliphatic heterocycles. The van der Waals surface area contributed by atoms with E-state index in [4.69, 9.17) is 18.6 Å². The number of nitrogens with one attached hydrogen (secondary N) is 1. The molecule has 0 fully saturated rings. The van der Waals surface area contributed by atoms with Gasteiger partial charge in [-0.2, -0.15) is 0 Å². The number of carbonyl (C=O) groups is 1. The molecule has 2 aromatic carbocycles. The van der Waals surface area contributed by atoms with Crippen LogP contribution in [0.25, 0.3) is 27.7 Å². The SMILES string of the molecule is CNC(=O)/C=C(\C)c1cc2c(-c3ccc(OC)c(OC)c3)coc2cc1OC. The topological polar surface area (TPSA) is 69.9 Å². The Morgan fingerprint density at radius 1 is 1.00 bits per heavy atom. The fourth-order valence-electron chi connectivity index (χ4n) is 3.11. The summed E-state index contributed by atoms with van der Waals surface area (Å²) in [6.45, 7) is 1.87. The first-order valence-electron chi connectivity index (χ1n) is 8.74. The van der Waals surface area contributed by atoms with Crippen LogP contribution in [0.15, 0.2) is 47.1 Å². The van der Waals surface area contributed by atoms with Gasteiger partial charge in [0.15, 0.2) is 11.5 Å². The zero-order valence-electron chi connectivity index (χ0n) is 16.6. The standard InChI is InChI=1S/C22H23NO5/c1-13(8-22(24)23-2)15-10-16-17(12-28-20(16)11-19(15)26-4)14-6-7-18(25-3)21(9-14)27-5/h6-12H,1-5H3,(H,23,24)/b13-8+. The molecule has 1 N–H and O–H groups in total. The Kier molecular flexibility index (Phi) is 5.59. The van der Waals surface area contributed by atoms with Crippen LogP contribution in [0.2, 0.25) is 0 Å². The Morgan fingerprint density at radius 2 is 1.71 bits per heavy atom. The van der Waals surface area contributed by atoms with E-state index >= 15 is 0 Å². The molecule has 0 bridgehead atoms. The zero-order chi connectivity index (χ0) is 20.3. The van der Waals surface area contributed by atoms with E-state index in [1.807, 2.05) is 37.3 Å². The minimum Gasteiger partial charge on any atom is -0.496 e. The highest BCUT2D eigenvalue weighted by atomic mass is 16.5. The average Bonchev–Trinajstić information content (AvgIpc) is 3.14. The van der Waals surface area contributed by atoms with Crippen molar-refractivity contribution in [2.45, 2.75) is 6.92 Å². The Balaban J connectivity index is 2.17. The Hall–Kier alpha value is -3.41. The van der Waals surface area contributed by atoms with Crippen LogP contribution in [-0.2, 0) is 4.79 Å². The van der Waals surface area contributed by atoms with Crippen molar-refractivity contribution < 1.29 is 23.4 Å². The lowest BCUT2D eigenvalue weighted by molar-refractivity contribution is -0.116. The first-order valence-corrected chi connectivity index (χ1v) is 8.74. The number of ether oxygens (including phenoxy) is 3. The summed E-state index contributed by atoms with van der Waals surface area (Å²) in [4.78, 5) is 11.8. The van der Waals surface area contributed by atoms with E-state index in [1.54, 1.807) is 40.7 Å². The van der Waals surface area contributed by atoms with Gasteiger partial charge in [-0.3, -0.25) is 4.79 Å². The van der Waals surface area contributed by atoms with Crippen LogP contribution in [-0.4, -0.2) is 34.3 Å².